The van der Waals surface area contributed by atoms with Crippen molar-refractivity contribution in [1.82, 2.24) is 4.90 Å². The molecule has 0 radical (unpaired) electrons. The normalized spacial score (nSPS) is 32.8. The van der Waals surface area contributed by atoms with E-state index in [1.54, 1.807) is 0 Å². The number of carbonyl (C=O) groups excluding carboxylic acids is 1. The number of carbonyl (C=O) groups is 1. The van der Waals surface area contributed by atoms with Crippen molar-refractivity contribution in [1.29, 1.82) is 0 Å². The highest BCUT2D eigenvalue weighted by Gasteiger charge is 2.30. The van der Waals surface area contributed by atoms with Crippen LogP contribution in [0.5, 0.6) is 0 Å². The summed E-state index contributed by atoms with van der Waals surface area (Å²) in [4.78, 5) is 14.1. The summed E-state index contributed by atoms with van der Waals surface area (Å²) >= 11 is 0. The standard InChI is InChI=1S/C12H22N2O2/c13-10-3-1-2-9(8-10)12(16)14-6-4-11(15)5-7-14/h9-11,15H,1-8,13H2. The van der Waals surface area contributed by atoms with Gasteiger partial charge in [0.15, 0.2) is 0 Å². The summed E-state index contributed by atoms with van der Waals surface area (Å²) in [6, 6.07) is 0.207. The van der Waals surface area contributed by atoms with Crippen LogP contribution in [0.3, 0.4) is 0 Å². The highest BCUT2D eigenvalue weighted by molar-refractivity contribution is 5.79. The van der Waals surface area contributed by atoms with E-state index in [2.05, 4.69) is 0 Å². The third-order valence-electron chi connectivity index (χ3n) is 3.84. The molecule has 2 unspecified atom stereocenters. The summed E-state index contributed by atoms with van der Waals surface area (Å²) in [6.07, 6.45) is 5.22. The lowest BCUT2D eigenvalue weighted by Crippen LogP contribution is -2.45. The fourth-order valence-electron chi connectivity index (χ4n) is 2.80. The van der Waals surface area contributed by atoms with Crippen molar-refractivity contribution in [3.63, 3.8) is 0 Å². The summed E-state index contributed by atoms with van der Waals surface area (Å²) in [6.45, 7) is 1.43. The molecule has 0 aromatic rings. The molecule has 1 aliphatic carbocycles. The summed E-state index contributed by atoms with van der Waals surface area (Å²) in [7, 11) is 0. The van der Waals surface area contributed by atoms with Crippen LogP contribution in [0.25, 0.3) is 0 Å². The Hall–Kier alpha value is -0.610. The van der Waals surface area contributed by atoms with Crippen LogP contribution in [0.15, 0.2) is 0 Å². The maximum absolute atomic E-state index is 12.2. The van der Waals surface area contributed by atoms with Gasteiger partial charge in [-0.25, -0.2) is 0 Å². The molecule has 0 aromatic heterocycles. The molecule has 1 aliphatic heterocycles. The first-order chi connectivity index (χ1) is 7.66. The minimum Gasteiger partial charge on any atom is -0.393 e. The van der Waals surface area contributed by atoms with Crippen LogP contribution in [-0.2, 0) is 4.79 Å². The number of nitrogens with zero attached hydrogens (tertiary/aromatic N) is 1. The van der Waals surface area contributed by atoms with Crippen molar-refractivity contribution in [3.8, 4) is 0 Å². The van der Waals surface area contributed by atoms with Gasteiger partial charge in [-0.2, -0.15) is 0 Å². The second-order valence-corrected chi connectivity index (χ2v) is 5.18. The van der Waals surface area contributed by atoms with Crippen LogP contribution in [0, 0.1) is 5.92 Å². The lowest BCUT2D eigenvalue weighted by atomic mass is 9.85. The molecule has 1 saturated carbocycles. The lowest BCUT2D eigenvalue weighted by molar-refractivity contribution is -0.138. The number of amides is 1. The van der Waals surface area contributed by atoms with Crippen molar-refractivity contribution in [2.24, 2.45) is 11.7 Å². The topological polar surface area (TPSA) is 66.6 Å². The minimum atomic E-state index is -0.210. The zero-order chi connectivity index (χ0) is 11.5. The lowest BCUT2D eigenvalue weighted by Gasteiger charge is -2.34. The summed E-state index contributed by atoms with van der Waals surface area (Å²) < 4.78 is 0. The molecule has 1 amide bonds. The number of aliphatic hydroxyl groups excluding tert-OH is 1. The molecule has 1 saturated heterocycles. The van der Waals surface area contributed by atoms with E-state index >= 15 is 0 Å². The van der Waals surface area contributed by atoms with E-state index in [0.717, 1.165) is 38.5 Å². The number of piperidine rings is 1. The molecule has 2 aliphatic rings. The van der Waals surface area contributed by atoms with Crippen LogP contribution < -0.4 is 5.73 Å². The molecule has 2 fully saturated rings. The minimum absolute atomic E-state index is 0.138. The Morgan fingerprint density at radius 3 is 2.50 bits per heavy atom. The van der Waals surface area contributed by atoms with Gasteiger partial charge in [-0.3, -0.25) is 4.79 Å². The summed E-state index contributed by atoms with van der Waals surface area (Å²) in [5.41, 5.74) is 5.90. The first-order valence-electron chi connectivity index (χ1n) is 6.39. The second kappa shape index (κ2) is 5.15. The van der Waals surface area contributed by atoms with Crippen LogP contribution in [0.4, 0.5) is 0 Å². The Kier molecular flexibility index (Phi) is 3.82. The average molecular weight is 226 g/mol. The van der Waals surface area contributed by atoms with Crippen molar-refractivity contribution in [2.45, 2.75) is 50.7 Å². The highest BCUT2D eigenvalue weighted by Crippen LogP contribution is 2.26. The molecule has 4 heteroatoms. The van der Waals surface area contributed by atoms with Gasteiger partial charge >= 0.3 is 0 Å². The highest BCUT2D eigenvalue weighted by atomic mass is 16.3. The second-order valence-electron chi connectivity index (χ2n) is 5.18. The molecule has 16 heavy (non-hydrogen) atoms. The molecule has 0 aromatic carbocycles. The first kappa shape index (κ1) is 11.9. The third-order valence-corrected chi connectivity index (χ3v) is 3.84. The molecule has 0 spiro atoms. The van der Waals surface area contributed by atoms with Crippen LogP contribution >= 0.6 is 0 Å². The Labute approximate surface area is 96.8 Å². The van der Waals surface area contributed by atoms with Crippen LogP contribution in [0.1, 0.15) is 38.5 Å². The maximum atomic E-state index is 12.2. The summed E-state index contributed by atoms with van der Waals surface area (Å²) in [5.74, 6) is 0.404. The van der Waals surface area contributed by atoms with E-state index in [1.807, 2.05) is 4.90 Å². The Morgan fingerprint density at radius 1 is 1.19 bits per heavy atom. The van der Waals surface area contributed by atoms with Crippen molar-refractivity contribution in [2.75, 3.05) is 13.1 Å². The van der Waals surface area contributed by atoms with Gasteiger partial charge in [0.05, 0.1) is 6.10 Å². The van der Waals surface area contributed by atoms with Gasteiger partial charge in [0.25, 0.3) is 0 Å². The van der Waals surface area contributed by atoms with Crippen LogP contribution in [0.2, 0.25) is 0 Å². The van der Waals surface area contributed by atoms with Crippen molar-refractivity contribution >= 4 is 5.91 Å². The van der Waals surface area contributed by atoms with E-state index in [4.69, 9.17) is 5.73 Å². The fourth-order valence-corrected chi connectivity index (χ4v) is 2.80. The smallest absolute Gasteiger partial charge is 0.225 e. The predicted molar refractivity (Wildman–Crippen MR) is 61.8 cm³/mol. The van der Waals surface area contributed by atoms with Gasteiger partial charge in [-0.05, 0) is 32.1 Å². The monoisotopic (exact) mass is 226 g/mol. The number of hydrogen-bond donors (Lipinski definition) is 2. The molecular weight excluding hydrogens is 204 g/mol. The quantitative estimate of drug-likeness (QED) is 0.683. The number of aliphatic hydroxyl groups is 1. The summed E-state index contributed by atoms with van der Waals surface area (Å²) in [5, 5.41) is 9.40. The van der Waals surface area contributed by atoms with Gasteiger partial charge in [-0.15, -0.1) is 0 Å². The molecular formula is C12H22N2O2. The van der Waals surface area contributed by atoms with E-state index in [9.17, 15) is 9.90 Å². The van der Waals surface area contributed by atoms with E-state index in [0.29, 0.717) is 13.1 Å². The number of likely N-dealkylation sites (tertiary alicyclic amines) is 1. The molecule has 1 heterocycles. The zero-order valence-electron chi connectivity index (χ0n) is 9.77. The van der Waals surface area contributed by atoms with E-state index < -0.39 is 0 Å². The molecule has 92 valence electrons. The zero-order valence-corrected chi connectivity index (χ0v) is 9.77. The van der Waals surface area contributed by atoms with Gasteiger partial charge in [-0.1, -0.05) is 6.42 Å². The number of hydrogen-bond acceptors (Lipinski definition) is 3. The Balaban J connectivity index is 1.86. The van der Waals surface area contributed by atoms with Crippen LogP contribution in [-0.4, -0.2) is 41.1 Å². The van der Waals surface area contributed by atoms with Gasteiger partial charge in [0, 0.05) is 25.0 Å². The van der Waals surface area contributed by atoms with Crippen molar-refractivity contribution < 1.29 is 9.90 Å². The Morgan fingerprint density at radius 2 is 1.88 bits per heavy atom. The largest absolute Gasteiger partial charge is 0.393 e. The number of rotatable bonds is 1. The molecule has 2 atom stereocenters. The molecule has 3 N–H and O–H groups in total. The van der Waals surface area contributed by atoms with Gasteiger partial charge in [0.1, 0.15) is 0 Å². The number of nitrogens with two attached hydrogens (primary N) is 1. The third kappa shape index (κ3) is 2.74. The Bertz CT molecular complexity index is 249. The fraction of sp³-hybridized carbons (Fsp3) is 0.917. The van der Waals surface area contributed by atoms with E-state index in [-0.39, 0.29) is 24.0 Å². The van der Waals surface area contributed by atoms with Crippen molar-refractivity contribution in [3.05, 3.63) is 0 Å². The molecule has 0 bridgehead atoms. The predicted octanol–water partition coefficient (Wildman–Crippen LogP) is 0.487. The van der Waals surface area contributed by atoms with E-state index in [1.165, 1.54) is 0 Å². The SMILES string of the molecule is NC1CCCC(C(=O)N2CCC(O)CC2)C1. The van der Waals surface area contributed by atoms with Gasteiger partial charge in [0.2, 0.25) is 5.91 Å². The average Bonchev–Trinajstić information content (AvgIpc) is 2.29. The maximum Gasteiger partial charge on any atom is 0.225 e. The van der Waals surface area contributed by atoms with Gasteiger partial charge < -0.3 is 15.7 Å². The molecule has 4 nitrogen and oxygen atoms in total. The first-order valence-corrected chi connectivity index (χ1v) is 6.39. The molecule has 2 rings (SSSR count).